The van der Waals surface area contributed by atoms with Crippen molar-refractivity contribution in [3.8, 4) is 5.75 Å². The number of benzene rings is 2. The Labute approximate surface area is 356 Å². The molecule has 1 saturated heterocycles. The smallest absolute Gasteiger partial charge is 0.312 e. The van der Waals surface area contributed by atoms with Gasteiger partial charge in [0.05, 0.1) is 36.6 Å². The molecule has 7 rings (SSSR count). The highest BCUT2D eigenvalue weighted by Gasteiger charge is 2.77. The number of ketones is 1. The Morgan fingerprint density at radius 2 is 1.67 bits per heavy atom. The Bertz CT molecular complexity index is 1920. The van der Waals surface area contributed by atoms with Crippen molar-refractivity contribution in [3.63, 3.8) is 0 Å². The molecule has 1 heterocycles. The van der Waals surface area contributed by atoms with Crippen molar-refractivity contribution in [1.29, 1.82) is 0 Å². The molecule has 5 fully saturated rings. The van der Waals surface area contributed by atoms with Crippen LogP contribution in [-0.4, -0.2) is 69.3 Å². The van der Waals surface area contributed by atoms with Crippen molar-refractivity contribution in [2.24, 2.45) is 41.2 Å². The van der Waals surface area contributed by atoms with Gasteiger partial charge in [-0.2, -0.15) is 4.89 Å². The van der Waals surface area contributed by atoms with Gasteiger partial charge in [-0.25, -0.2) is 14.5 Å². The fourth-order valence-electron chi connectivity index (χ4n) is 10.0. The summed E-state index contributed by atoms with van der Waals surface area (Å²) >= 11 is 7.25. The monoisotopic (exact) mass is 848 g/mol. The van der Waals surface area contributed by atoms with Gasteiger partial charge in [0.1, 0.15) is 19.0 Å². The first kappa shape index (κ1) is 45.0. The van der Waals surface area contributed by atoms with Crippen LogP contribution in [0.2, 0.25) is 5.02 Å². The van der Waals surface area contributed by atoms with Crippen molar-refractivity contribution >= 4 is 41.4 Å². The SMILES string of the molecule is [C-]#[N+]/C=C/c1ccc(C2(OC)OOC23C2CC4CC(C2)CC3C4)c(Cl)c1OCc1ccc(CC(=O)C(CCCNC(N)=O)NC(=O)C(CC(=O)OCCOC)C(C)C)cc1. The Balaban J connectivity index is 1.15. The lowest BCUT2D eigenvalue weighted by Gasteiger charge is -2.68. The number of esters is 1. The normalized spacial score (nSPS) is 26.0. The Kier molecular flexibility index (Phi) is 14.9. The molecule has 4 saturated carbocycles. The number of nitrogens with zero attached hydrogens (tertiary/aromatic N) is 1. The maximum Gasteiger partial charge on any atom is 0.312 e. The fraction of sp³-hybridized carbons (Fsp3) is 0.578. The molecule has 2 aromatic rings. The Hall–Kier alpha value is -4.52. The van der Waals surface area contributed by atoms with Gasteiger partial charge in [0.25, 0.3) is 5.79 Å². The summed E-state index contributed by atoms with van der Waals surface area (Å²) in [5, 5.41) is 5.71. The topological polar surface area (TPSA) is 178 Å². The minimum Gasteiger partial charge on any atom is -0.487 e. The van der Waals surface area contributed by atoms with E-state index in [2.05, 4.69) is 15.5 Å². The lowest BCUT2D eigenvalue weighted by atomic mass is 9.47. The number of amides is 3. The van der Waals surface area contributed by atoms with Gasteiger partial charge >= 0.3 is 12.0 Å². The van der Waals surface area contributed by atoms with E-state index in [4.69, 9.17) is 52.6 Å². The lowest BCUT2D eigenvalue weighted by Crippen LogP contribution is -2.76. The van der Waals surface area contributed by atoms with Gasteiger partial charge in [-0.3, -0.25) is 14.4 Å². The summed E-state index contributed by atoms with van der Waals surface area (Å²) in [6.07, 6.45) is 9.09. The molecule has 14 nitrogen and oxygen atoms in total. The summed E-state index contributed by atoms with van der Waals surface area (Å²) in [7, 11) is 3.13. The number of carbonyl (C=O) groups excluding carboxylic acids is 4. The Morgan fingerprint density at radius 3 is 2.25 bits per heavy atom. The largest absolute Gasteiger partial charge is 0.487 e. The summed E-state index contributed by atoms with van der Waals surface area (Å²) in [4.78, 5) is 66.5. The van der Waals surface area contributed by atoms with Crippen LogP contribution in [0.1, 0.15) is 87.5 Å². The first-order valence-corrected chi connectivity index (χ1v) is 21.2. The zero-order valence-corrected chi connectivity index (χ0v) is 35.6. The summed E-state index contributed by atoms with van der Waals surface area (Å²) in [6.45, 7) is 11.7. The average molecular weight is 849 g/mol. The summed E-state index contributed by atoms with van der Waals surface area (Å²) in [5.41, 5.74) is 7.34. The molecule has 1 aliphatic heterocycles. The van der Waals surface area contributed by atoms with Gasteiger partial charge < -0.3 is 35.3 Å². The average Bonchev–Trinajstić information content (AvgIpc) is 3.20. The number of hydrogen-bond acceptors (Lipinski definition) is 10. The first-order chi connectivity index (χ1) is 28.8. The van der Waals surface area contributed by atoms with Crippen LogP contribution in [0.3, 0.4) is 0 Å². The number of rotatable bonds is 21. The molecule has 324 valence electrons. The zero-order chi connectivity index (χ0) is 43.0. The van der Waals surface area contributed by atoms with Crippen LogP contribution in [-0.2, 0) is 57.2 Å². The molecule has 15 heteroatoms. The van der Waals surface area contributed by atoms with Gasteiger partial charge in [0.2, 0.25) is 5.91 Å². The third-order valence-electron chi connectivity index (χ3n) is 12.8. The number of halogens is 1. The number of ether oxygens (including phenoxy) is 4. The standard InChI is InChI=1S/C45H57ClN4O10/c1-27(2)35(25-39(52)57-18-17-55-4)42(53)50-37(7-6-15-49-43(47)54)38(51)24-28-8-10-29(11-9-28)26-58-41-32(14-16-48-3)12-13-36(40(41)46)45(56-5)44(59-60-45)33-20-30-19-31(22-33)23-34(44)21-30/h8-14,16,27,30-31,33-35,37H,6-7,15,17-26H2,1-2,4-5H3,(H,50,53)(H3,47,49,54)/b16-14+. The number of primary amides is 1. The van der Waals surface area contributed by atoms with E-state index in [1.807, 2.05) is 50.2 Å². The highest BCUT2D eigenvalue weighted by Crippen LogP contribution is 2.70. The third-order valence-corrected chi connectivity index (χ3v) is 13.2. The molecule has 3 unspecified atom stereocenters. The number of nitrogens with one attached hydrogen (secondary N) is 2. The summed E-state index contributed by atoms with van der Waals surface area (Å²) in [5.74, 6) is -0.968. The van der Waals surface area contributed by atoms with E-state index < -0.39 is 41.3 Å². The van der Waals surface area contributed by atoms with E-state index in [9.17, 15) is 19.2 Å². The molecule has 4 bridgehead atoms. The molecule has 5 aliphatic rings. The molecule has 4 N–H and O–H groups in total. The minimum absolute atomic E-state index is 0.0204. The fourth-order valence-corrected chi connectivity index (χ4v) is 10.4. The van der Waals surface area contributed by atoms with Crippen LogP contribution < -0.4 is 21.1 Å². The number of carbonyl (C=O) groups is 4. The van der Waals surface area contributed by atoms with E-state index in [0.717, 1.165) is 31.2 Å². The molecule has 0 aromatic heterocycles. The van der Waals surface area contributed by atoms with Crippen LogP contribution in [0, 0.1) is 42.1 Å². The third kappa shape index (κ3) is 9.51. The van der Waals surface area contributed by atoms with Crippen LogP contribution in [0.4, 0.5) is 4.79 Å². The van der Waals surface area contributed by atoms with Gasteiger partial charge in [0, 0.05) is 38.3 Å². The maximum absolute atomic E-state index is 13.8. The first-order valence-electron chi connectivity index (χ1n) is 20.8. The van der Waals surface area contributed by atoms with Crippen LogP contribution in [0.25, 0.3) is 10.9 Å². The summed E-state index contributed by atoms with van der Waals surface area (Å²) in [6, 6.07) is 9.53. The van der Waals surface area contributed by atoms with Crippen LogP contribution in [0.15, 0.2) is 42.6 Å². The molecule has 4 aliphatic carbocycles. The zero-order valence-electron chi connectivity index (χ0n) is 34.8. The maximum atomic E-state index is 13.8. The molecular weight excluding hydrogens is 792 g/mol. The van der Waals surface area contributed by atoms with Crippen molar-refractivity contribution < 1.29 is 47.9 Å². The predicted octanol–water partition coefficient (Wildman–Crippen LogP) is 6.66. The van der Waals surface area contributed by atoms with Crippen molar-refractivity contribution in [1.82, 2.24) is 10.6 Å². The number of hydrogen-bond donors (Lipinski definition) is 3. The Morgan fingerprint density at radius 1 is 0.983 bits per heavy atom. The summed E-state index contributed by atoms with van der Waals surface area (Å²) < 4.78 is 22.8. The number of Topliss-reactive ketones (excluding diaryl/α,β-unsaturated/α-hetero) is 1. The number of nitrogens with two attached hydrogens (primary N) is 1. The number of urea groups is 1. The van der Waals surface area contributed by atoms with E-state index in [-0.39, 0.29) is 57.3 Å². The second-order valence-corrected chi connectivity index (χ2v) is 17.3. The highest BCUT2D eigenvalue weighted by atomic mass is 35.5. The minimum atomic E-state index is -1.21. The molecule has 3 amide bonds. The molecule has 1 spiro atoms. The molecule has 2 aromatic carbocycles. The van der Waals surface area contributed by atoms with Crippen molar-refractivity contribution in [2.75, 3.05) is 34.0 Å². The predicted molar refractivity (Wildman–Crippen MR) is 222 cm³/mol. The molecule has 3 atom stereocenters. The van der Waals surface area contributed by atoms with E-state index in [1.54, 1.807) is 13.2 Å². The van der Waals surface area contributed by atoms with E-state index in [0.29, 0.717) is 57.6 Å². The quantitative estimate of drug-likeness (QED) is 0.0533. The van der Waals surface area contributed by atoms with Gasteiger partial charge in [-0.05, 0) is 85.7 Å². The molecule has 0 radical (unpaired) electrons. The molecule has 60 heavy (non-hydrogen) atoms. The van der Waals surface area contributed by atoms with E-state index in [1.165, 1.54) is 19.7 Å². The molecular formula is C45H57ClN4O10. The van der Waals surface area contributed by atoms with Crippen LogP contribution >= 0.6 is 11.6 Å². The lowest BCUT2D eigenvalue weighted by molar-refractivity contribution is -0.645. The highest BCUT2D eigenvalue weighted by molar-refractivity contribution is 6.33. The van der Waals surface area contributed by atoms with Crippen molar-refractivity contribution in [2.45, 2.75) is 95.7 Å². The van der Waals surface area contributed by atoms with Crippen LogP contribution in [0.5, 0.6) is 5.75 Å². The van der Waals surface area contributed by atoms with Gasteiger partial charge in [-0.15, -0.1) is 0 Å². The van der Waals surface area contributed by atoms with Gasteiger partial charge in [-0.1, -0.05) is 67.9 Å². The van der Waals surface area contributed by atoms with E-state index >= 15 is 0 Å². The second-order valence-electron chi connectivity index (χ2n) is 16.9. The van der Waals surface area contributed by atoms with Gasteiger partial charge in [0.15, 0.2) is 17.6 Å². The van der Waals surface area contributed by atoms with Crippen molar-refractivity contribution in [3.05, 3.63) is 81.3 Å². The second kappa shape index (κ2) is 19.9. The number of methoxy groups -OCH3 is 2.